The lowest BCUT2D eigenvalue weighted by atomic mass is 9.86. The first-order chi connectivity index (χ1) is 11.0. The smallest absolute Gasteiger partial charge is 0.469 e. The minimum Gasteiger partial charge on any atom is -0.469 e. The molecule has 0 saturated carbocycles. The molecule has 2 atom stereocenters. The van der Waals surface area contributed by atoms with Crippen molar-refractivity contribution >= 4 is 14.8 Å². The molecule has 0 amide bonds. The summed E-state index contributed by atoms with van der Waals surface area (Å²) in [5.74, 6) is -0.338. The van der Waals surface area contributed by atoms with E-state index in [1.165, 1.54) is 7.11 Å². The Morgan fingerprint density at radius 2 is 1.61 bits per heavy atom. The lowest BCUT2D eigenvalue weighted by molar-refractivity contribution is -0.149. The first kappa shape index (κ1) is 22.3. The SMILES string of the molecule is C=CCC(C(=O)OC)(C(C)CCC)[Si](OCC)(OCC)OCC. The number of hydrogen-bond acceptors (Lipinski definition) is 5. The first-order valence-corrected chi connectivity index (χ1v) is 10.3. The van der Waals surface area contributed by atoms with Crippen molar-refractivity contribution < 1.29 is 22.8 Å². The van der Waals surface area contributed by atoms with E-state index in [1.54, 1.807) is 6.08 Å². The van der Waals surface area contributed by atoms with Crippen LogP contribution in [0.4, 0.5) is 0 Å². The molecule has 0 aliphatic heterocycles. The van der Waals surface area contributed by atoms with Crippen molar-refractivity contribution in [2.24, 2.45) is 5.92 Å². The number of carbonyl (C=O) groups is 1. The number of rotatable bonds is 13. The number of ether oxygens (including phenoxy) is 1. The van der Waals surface area contributed by atoms with Crippen LogP contribution in [0.2, 0.25) is 5.04 Å². The molecular formula is C17H34O5Si. The molecule has 0 aliphatic carbocycles. The second kappa shape index (κ2) is 11.0. The Labute approximate surface area is 142 Å². The van der Waals surface area contributed by atoms with Crippen molar-refractivity contribution in [1.82, 2.24) is 0 Å². The summed E-state index contributed by atoms with van der Waals surface area (Å²) in [5, 5.41) is -0.971. The fraction of sp³-hybridized carbons (Fsp3) is 0.824. The minimum absolute atomic E-state index is 0.00531. The summed E-state index contributed by atoms with van der Waals surface area (Å²) in [6, 6.07) is 0. The number of allylic oxidation sites excluding steroid dienone is 1. The zero-order chi connectivity index (χ0) is 17.9. The van der Waals surface area contributed by atoms with Crippen molar-refractivity contribution in [3.05, 3.63) is 12.7 Å². The summed E-state index contributed by atoms with van der Waals surface area (Å²) in [5.41, 5.74) is 0. The van der Waals surface area contributed by atoms with E-state index < -0.39 is 13.8 Å². The maximum atomic E-state index is 12.9. The van der Waals surface area contributed by atoms with Gasteiger partial charge in [0.05, 0.1) is 7.11 Å². The molecule has 0 aromatic heterocycles. The monoisotopic (exact) mass is 346 g/mol. The third-order valence-electron chi connectivity index (χ3n) is 4.13. The normalized spacial score (nSPS) is 15.7. The van der Waals surface area contributed by atoms with E-state index in [2.05, 4.69) is 13.5 Å². The molecule has 0 aromatic carbocycles. The quantitative estimate of drug-likeness (QED) is 0.287. The molecule has 0 N–H and O–H groups in total. The van der Waals surface area contributed by atoms with Crippen LogP contribution in [-0.2, 0) is 22.8 Å². The molecule has 6 heteroatoms. The summed E-state index contributed by atoms with van der Waals surface area (Å²) in [4.78, 5) is 12.9. The minimum atomic E-state index is -3.33. The van der Waals surface area contributed by atoms with E-state index in [-0.39, 0.29) is 11.9 Å². The lowest BCUT2D eigenvalue weighted by Gasteiger charge is -2.46. The van der Waals surface area contributed by atoms with Crippen LogP contribution in [0.25, 0.3) is 0 Å². The molecule has 23 heavy (non-hydrogen) atoms. The number of hydrogen-bond donors (Lipinski definition) is 0. The average molecular weight is 347 g/mol. The largest absolute Gasteiger partial charge is 0.519 e. The molecule has 5 nitrogen and oxygen atoms in total. The summed E-state index contributed by atoms with van der Waals surface area (Å²) < 4.78 is 23.4. The second-order valence-corrected chi connectivity index (χ2v) is 8.37. The molecule has 0 heterocycles. The summed E-state index contributed by atoms with van der Waals surface area (Å²) in [6.45, 7) is 14.9. The van der Waals surface area contributed by atoms with Gasteiger partial charge in [-0.05, 0) is 39.5 Å². The molecule has 0 saturated heterocycles. The zero-order valence-electron chi connectivity index (χ0n) is 15.6. The number of esters is 1. The molecule has 2 unspecified atom stereocenters. The van der Waals surface area contributed by atoms with Crippen molar-refractivity contribution in [3.63, 3.8) is 0 Å². The van der Waals surface area contributed by atoms with Crippen molar-refractivity contribution in [2.45, 2.75) is 58.9 Å². The Balaban J connectivity index is 6.34. The highest BCUT2D eigenvalue weighted by atomic mass is 28.4. The van der Waals surface area contributed by atoms with Crippen LogP contribution >= 0.6 is 0 Å². The molecule has 0 rings (SSSR count). The fourth-order valence-electron chi connectivity index (χ4n) is 3.21. The van der Waals surface area contributed by atoms with Crippen LogP contribution in [0.3, 0.4) is 0 Å². The van der Waals surface area contributed by atoms with Crippen LogP contribution in [0, 0.1) is 5.92 Å². The van der Waals surface area contributed by atoms with Crippen LogP contribution in [0.15, 0.2) is 12.7 Å². The van der Waals surface area contributed by atoms with Crippen LogP contribution in [0.1, 0.15) is 53.9 Å². The van der Waals surface area contributed by atoms with Gasteiger partial charge in [-0.1, -0.05) is 26.3 Å². The lowest BCUT2D eigenvalue weighted by Crippen LogP contribution is -2.62. The molecule has 0 fully saturated rings. The third kappa shape index (κ3) is 4.65. The topological polar surface area (TPSA) is 54.0 Å². The maximum absolute atomic E-state index is 12.9. The van der Waals surface area contributed by atoms with Gasteiger partial charge in [-0.2, -0.15) is 0 Å². The van der Waals surface area contributed by atoms with Gasteiger partial charge in [0.2, 0.25) is 0 Å². The Hall–Kier alpha value is -0.693. The van der Waals surface area contributed by atoms with Gasteiger partial charge in [-0.3, -0.25) is 4.79 Å². The predicted molar refractivity (Wildman–Crippen MR) is 94.2 cm³/mol. The highest BCUT2D eigenvalue weighted by Crippen LogP contribution is 2.52. The summed E-state index contributed by atoms with van der Waals surface area (Å²) in [7, 11) is -1.92. The highest BCUT2D eigenvalue weighted by Gasteiger charge is 2.68. The molecule has 0 bridgehead atoms. The summed E-state index contributed by atoms with van der Waals surface area (Å²) in [6.07, 6.45) is 3.95. The Morgan fingerprint density at radius 3 is 1.91 bits per heavy atom. The van der Waals surface area contributed by atoms with E-state index >= 15 is 0 Å². The Kier molecular flexibility index (Phi) is 10.6. The van der Waals surface area contributed by atoms with Gasteiger partial charge in [0.15, 0.2) is 0 Å². The summed E-state index contributed by atoms with van der Waals surface area (Å²) >= 11 is 0. The van der Waals surface area contributed by atoms with Gasteiger partial charge in [0.25, 0.3) is 0 Å². The van der Waals surface area contributed by atoms with Crippen molar-refractivity contribution in [3.8, 4) is 0 Å². The molecule has 0 radical (unpaired) electrons. The zero-order valence-corrected chi connectivity index (χ0v) is 16.6. The van der Waals surface area contributed by atoms with Gasteiger partial charge in [0, 0.05) is 19.8 Å². The third-order valence-corrected chi connectivity index (χ3v) is 8.13. The van der Waals surface area contributed by atoms with E-state index in [9.17, 15) is 4.79 Å². The number of methoxy groups -OCH3 is 1. The van der Waals surface area contributed by atoms with Gasteiger partial charge in [0.1, 0.15) is 5.04 Å². The van der Waals surface area contributed by atoms with Gasteiger partial charge >= 0.3 is 14.8 Å². The van der Waals surface area contributed by atoms with Crippen LogP contribution < -0.4 is 0 Å². The average Bonchev–Trinajstić information content (AvgIpc) is 2.52. The van der Waals surface area contributed by atoms with E-state index in [0.29, 0.717) is 26.2 Å². The molecule has 136 valence electrons. The second-order valence-electron chi connectivity index (χ2n) is 5.50. The fourth-order valence-corrected chi connectivity index (χ4v) is 6.87. The van der Waals surface area contributed by atoms with Gasteiger partial charge < -0.3 is 18.0 Å². The maximum Gasteiger partial charge on any atom is 0.519 e. The predicted octanol–water partition coefficient (Wildman–Crippen LogP) is 3.96. The standard InChI is InChI=1S/C17H34O5Si/c1-8-13-15(6)17(14-9-2,16(18)19-7)23(20-10-3,21-11-4)22-12-5/h9,15H,2,8,10-14H2,1,3-7H3. The first-order valence-electron chi connectivity index (χ1n) is 8.57. The Bertz CT molecular complexity index is 344. The molecular weight excluding hydrogens is 312 g/mol. The Morgan fingerprint density at radius 1 is 1.13 bits per heavy atom. The van der Waals surface area contributed by atoms with Crippen LogP contribution in [-0.4, -0.2) is 41.7 Å². The number of carbonyl (C=O) groups excluding carboxylic acids is 1. The van der Waals surface area contributed by atoms with E-state index in [4.69, 9.17) is 18.0 Å². The molecule has 0 spiro atoms. The molecule has 0 aliphatic rings. The molecule has 0 aromatic rings. The van der Waals surface area contributed by atoms with E-state index in [1.807, 2.05) is 27.7 Å². The van der Waals surface area contributed by atoms with Gasteiger partial charge in [-0.25, -0.2) is 0 Å². The highest BCUT2D eigenvalue weighted by molar-refractivity contribution is 6.68. The van der Waals surface area contributed by atoms with E-state index in [0.717, 1.165) is 12.8 Å². The van der Waals surface area contributed by atoms with Crippen LogP contribution in [0.5, 0.6) is 0 Å². The van der Waals surface area contributed by atoms with Gasteiger partial charge in [-0.15, -0.1) is 6.58 Å². The van der Waals surface area contributed by atoms with Crippen molar-refractivity contribution in [1.29, 1.82) is 0 Å². The van der Waals surface area contributed by atoms with Crippen molar-refractivity contribution in [2.75, 3.05) is 26.9 Å².